The van der Waals surface area contributed by atoms with E-state index in [-0.39, 0.29) is 17.0 Å². The number of rotatable bonds is 7. The Kier molecular flexibility index (Phi) is 6.70. The Bertz CT molecular complexity index is 877. The topological polar surface area (TPSA) is 108 Å². The second-order valence-electron chi connectivity index (χ2n) is 6.46. The van der Waals surface area contributed by atoms with Crippen LogP contribution in [0.2, 0.25) is 0 Å². The van der Waals surface area contributed by atoms with Gasteiger partial charge >= 0.3 is 11.7 Å². The normalized spacial score (nSPS) is 11.6. The van der Waals surface area contributed by atoms with E-state index in [1.807, 2.05) is 12.1 Å². The highest BCUT2D eigenvalue weighted by Gasteiger charge is 2.23. The first-order chi connectivity index (χ1) is 13.2. The van der Waals surface area contributed by atoms with Gasteiger partial charge in [-0.15, -0.1) is 0 Å². The van der Waals surface area contributed by atoms with E-state index >= 15 is 0 Å². The number of nitro groups is 1. The summed E-state index contributed by atoms with van der Waals surface area (Å²) in [6.45, 7) is 5.56. The molecule has 1 amide bonds. The smallest absolute Gasteiger partial charge is 0.339 e. The minimum atomic E-state index is -1.08. The van der Waals surface area contributed by atoms with Crippen LogP contribution in [-0.2, 0) is 9.53 Å². The highest BCUT2D eigenvalue weighted by atomic mass is 16.6. The van der Waals surface area contributed by atoms with E-state index in [9.17, 15) is 19.7 Å². The predicted molar refractivity (Wildman–Crippen MR) is 104 cm³/mol. The van der Waals surface area contributed by atoms with E-state index in [1.54, 1.807) is 12.1 Å². The zero-order chi connectivity index (χ0) is 20.8. The summed E-state index contributed by atoms with van der Waals surface area (Å²) >= 11 is 0. The summed E-state index contributed by atoms with van der Waals surface area (Å²) in [5.41, 5.74) is 1.31. The summed E-state index contributed by atoms with van der Waals surface area (Å²) in [7, 11) is 1.29. The molecule has 0 saturated carbocycles. The van der Waals surface area contributed by atoms with E-state index < -0.39 is 22.9 Å². The van der Waals surface area contributed by atoms with Gasteiger partial charge in [0.25, 0.3) is 5.91 Å². The van der Waals surface area contributed by atoms with Gasteiger partial charge in [0.05, 0.1) is 17.6 Å². The van der Waals surface area contributed by atoms with Crippen LogP contribution in [0, 0.1) is 10.1 Å². The number of hydrogen-bond acceptors (Lipinski definition) is 6. The molecule has 1 atom stereocenters. The predicted octanol–water partition coefficient (Wildman–Crippen LogP) is 3.91. The molecule has 0 fully saturated rings. The molecule has 0 spiro atoms. The molecule has 0 heterocycles. The lowest BCUT2D eigenvalue weighted by molar-refractivity contribution is -0.385. The van der Waals surface area contributed by atoms with Crippen molar-refractivity contribution in [2.75, 3.05) is 12.4 Å². The Morgan fingerprint density at radius 1 is 1.07 bits per heavy atom. The molecule has 0 aliphatic rings. The van der Waals surface area contributed by atoms with E-state index in [4.69, 9.17) is 9.47 Å². The molecule has 0 radical (unpaired) electrons. The van der Waals surface area contributed by atoms with Crippen LogP contribution in [0.15, 0.2) is 42.5 Å². The average molecular weight is 386 g/mol. The summed E-state index contributed by atoms with van der Waals surface area (Å²) < 4.78 is 10.0. The average Bonchev–Trinajstić information content (AvgIpc) is 2.67. The number of carbonyl (C=O) groups excluding carboxylic acids is 2. The third kappa shape index (κ3) is 5.06. The maximum Gasteiger partial charge on any atom is 0.339 e. The van der Waals surface area contributed by atoms with Crippen LogP contribution in [0.25, 0.3) is 0 Å². The number of nitrogens with zero attached hydrogens (tertiary/aromatic N) is 1. The van der Waals surface area contributed by atoms with Crippen molar-refractivity contribution >= 4 is 23.3 Å². The maximum atomic E-state index is 12.3. The fourth-order valence-electron chi connectivity index (χ4n) is 2.44. The molecule has 1 N–H and O–H groups in total. The minimum Gasteiger partial charge on any atom is -0.490 e. The molecule has 0 aromatic heterocycles. The summed E-state index contributed by atoms with van der Waals surface area (Å²) in [5, 5.41) is 13.7. The molecular weight excluding hydrogens is 364 g/mol. The Hall–Kier alpha value is -3.42. The Labute approximate surface area is 162 Å². The number of benzene rings is 2. The van der Waals surface area contributed by atoms with Crippen molar-refractivity contribution in [2.45, 2.75) is 32.8 Å². The number of anilines is 1. The quantitative estimate of drug-likeness (QED) is 0.439. The van der Waals surface area contributed by atoms with Crippen molar-refractivity contribution in [1.29, 1.82) is 0 Å². The molecule has 8 heteroatoms. The zero-order valence-electron chi connectivity index (χ0n) is 16.1. The van der Waals surface area contributed by atoms with Crippen LogP contribution in [0.1, 0.15) is 42.6 Å². The lowest BCUT2D eigenvalue weighted by atomic mass is 10.0. The third-order valence-electron chi connectivity index (χ3n) is 4.11. The van der Waals surface area contributed by atoms with Gasteiger partial charge in [-0.25, -0.2) is 4.79 Å². The van der Waals surface area contributed by atoms with Crippen LogP contribution < -0.4 is 10.1 Å². The number of esters is 1. The van der Waals surface area contributed by atoms with E-state index in [1.165, 1.54) is 26.2 Å². The molecule has 0 bridgehead atoms. The number of carbonyl (C=O) groups is 2. The van der Waals surface area contributed by atoms with Gasteiger partial charge in [0.15, 0.2) is 11.9 Å². The van der Waals surface area contributed by atoms with Crippen LogP contribution in [0.3, 0.4) is 0 Å². The number of nitrogens with one attached hydrogen (secondary N) is 1. The van der Waals surface area contributed by atoms with Gasteiger partial charge in [-0.05, 0) is 42.7 Å². The summed E-state index contributed by atoms with van der Waals surface area (Å²) in [4.78, 5) is 34.9. The molecule has 0 aliphatic heterocycles. The lowest BCUT2D eigenvalue weighted by Crippen LogP contribution is -2.30. The van der Waals surface area contributed by atoms with Crippen molar-refractivity contribution in [3.63, 3.8) is 0 Å². The molecular formula is C20H22N2O6. The number of methoxy groups -OCH3 is 1. The Morgan fingerprint density at radius 2 is 1.71 bits per heavy atom. The minimum absolute atomic E-state index is 0.0252. The fourth-order valence-corrected chi connectivity index (χ4v) is 2.44. The SMILES string of the molecule is COc1ccc(C(=O)O[C@@H](C)C(=O)Nc2ccc(C(C)C)cc2)cc1[N+](=O)[O-]. The first-order valence-corrected chi connectivity index (χ1v) is 8.67. The number of ether oxygens (including phenoxy) is 2. The molecule has 28 heavy (non-hydrogen) atoms. The van der Waals surface area contributed by atoms with Crippen molar-refractivity contribution in [1.82, 2.24) is 0 Å². The Balaban J connectivity index is 2.04. The van der Waals surface area contributed by atoms with Crippen molar-refractivity contribution in [2.24, 2.45) is 0 Å². The third-order valence-corrected chi connectivity index (χ3v) is 4.11. The molecule has 8 nitrogen and oxygen atoms in total. The number of nitro benzene ring substituents is 1. The van der Waals surface area contributed by atoms with E-state index in [2.05, 4.69) is 19.2 Å². The van der Waals surface area contributed by atoms with Crippen LogP contribution in [-0.4, -0.2) is 30.0 Å². The lowest BCUT2D eigenvalue weighted by Gasteiger charge is -2.14. The standard InChI is InChI=1S/C20H22N2O6/c1-12(2)14-5-8-16(9-6-14)21-19(23)13(3)28-20(24)15-7-10-18(27-4)17(11-15)22(25)26/h5-13H,1-4H3,(H,21,23)/t13-/m0/s1. The van der Waals surface area contributed by atoms with E-state index in [0.29, 0.717) is 11.6 Å². The molecule has 0 unspecified atom stereocenters. The van der Waals surface area contributed by atoms with Crippen molar-refractivity contribution in [3.05, 3.63) is 63.7 Å². The zero-order valence-corrected chi connectivity index (χ0v) is 16.1. The summed E-state index contributed by atoms with van der Waals surface area (Å²) in [6.07, 6.45) is -1.08. The largest absolute Gasteiger partial charge is 0.490 e. The highest BCUT2D eigenvalue weighted by Crippen LogP contribution is 2.28. The first kappa shape index (κ1) is 20.9. The van der Waals surface area contributed by atoms with Gasteiger partial charge < -0.3 is 14.8 Å². The number of amides is 1. The molecule has 0 aliphatic carbocycles. The van der Waals surface area contributed by atoms with Gasteiger partial charge in [0.2, 0.25) is 0 Å². The monoisotopic (exact) mass is 386 g/mol. The van der Waals surface area contributed by atoms with Crippen molar-refractivity contribution in [3.8, 4) is 5.75 Å². The Morgan fingerprint density at radius 3 is 2.25 bits per heavy atom. The molecule has 2 rings (SSSR count). The van der Waals surface area contributed by atoms with Gasteiger partial charge in [-0.2, -0.15) is 0 Å². The first-order valence-electron chi connectivity index (χ1n) is 8.67. The van der Waals surface area contributed by atoms with Gasteiger partial charge in [0, 0.05) is 11.8 Å². The van der Waals surface area contributed by atoms with Gasteiger partial charge in [-0.3, -0.25) is 14.9 Å². The van der Waals surface area contributed by atoms with Crippen LogP contribution in [0.4, 0.5) is 11.4 Å². The summed E-state index contributed by atoms with van der Waals surface area (Å²) in [6, 6.07) is 11.1. The second kappa shape index (κ2) is 8.98. The fraction of sp³-hybridized carbons (Fsp3) is 0.300. The summed E-state index contributed by atoms with van der Waals surface area (Å²) in [5.74, 6) is -0.951. The van der Waals surface area contributed by atoms with Gasteiger partial charge in [-0.1, -0.05) is 26.0 Å². The molecule has 2 aromatic carbocycles. The van der Waals surface area contributed by atoms with Crippen LogP contribution in [0.5, 0.6) is 5.75 Å². The second-order valence-corrected chi connectivity index (χ2v) is 6.46. The maximum absolute atomic E-state index is 12.3. The van der Waals surface area contributed by atoms with Gasteiger partial charge in [0.1, 0.15) is 0 Å². The highest BCUT2D eigenvalue weighted by molar-refractivity contribution is 5.97. The molecule has 148 valence electrons. The van der Waals surface area contributed by atoms with Crippen LogP contribution >= 0.6 is 0 Å². The molecule has 0 saturated heterocycles. The molecule has 2 aromatic rings. The van der Waals surface area contributed by atoms with Crippen molar-refractivity contribution < 1.29 is 24.0 Å². The number of hydrogen-bond donors (Lipinski definition) is 1. The van der Waals surface area contributed by atoms with E-state index in [0.717, 1.165) is 11.6 Å².